The number of aromatic amines is 3. The Kier molecular flexibility index (Phi) is 23.4. The number of aliphatic hydroxyl groups is 2. The Morgan fingerprint density at radius 2 is 1.11 bits per heavy atom. The number of aryl methyl sites for hydroxylation is 6. The first-order valence-corrected chi connectivity index (χ1v) is 31.4. The van der Waals surface area contributed by atoms with Gasteiger partial charge in [-0.15, -0.1) is 0 Å². The van der Waals surface area contributed by atoms with Gasteiger partial charge in [0.05, 0.1) is 37.3 Å². The van der Waals surface area contributed by atoms with Crippen molar-refractivity contribution in [2.45, 2.75) is 144 Å². The Labute approximate surface area is 540 Å². The Bertz CT molecular complexity index is 4250. The third kappa shape index (κ3) is 17.4. The molecule has 10 unspecified atom stereocenters. The zero-order valence-corrected chi connectivity index (χ0v) is 54.4. The highest BCUT2D eigenvalue weighted by atomic mass is 31.2. The minimum atomic E-state index is -4.73. The van der Waals surface area contributed by atoms with Crippen LogP contribution in [0.3, 0.4) is 0 Å². The normalized spacial score (nSPS) is 21.3. The van der Waals surface area contributed by atoms with Crippen molar-refractivity contribution in [3.63, 3.8) is 0 Å². The quantitative estimate of drug-likeness (QED) is 0.0176. The Morgan fingerprint density at radius 3 is 1.58 bits per heavy atom. The van der Waals surface area contributed by atoms with Gasteiger partial charge in [-0.3, -0.25) is 66.7 Å². The van der Waals surface area contributed by atoms with Crippen LogP contribution in [-0.4, -0.2) is 161 Å². The molecular weight excluding hydrogens is 1270 g/mol. The summed E-state index contributed by atoms with van der Waals surface area (Å²) >= 11 is 0. The molecule has 3 saturated heterocycles. The molecule has 34 heteroatoms. The van der Waals surface area contributed by atoms with Gasteiger partial charge in [-0.25, -0.2) is 44.9 Å². The van der Waals surface area contributed by atoms with Crippen molar-refractivity contribution in [1.29, 1.82) is 0 Å². The van der Waals surface area contributed by atoms with Crippen LogP contribution in [0.5, 0.6) is 0 Å². The van der Waals surface area contributed by atoms with Gasteiger partial charge in [0.15, 0.2) is 24.4 Å². The number of hydrogen-bond donors (Lipinski definition) is 6. The van der Waals surface area contributed by atoms with E-state index in [0.29, 0.717) is 11.1 Å². The summed E-state index contributed by atoms with van der Waals surface area (Å²) in [6, 6.07) is 6.65. The SMILES string of the molecule is Cc1cc(C(=O)OCC(=O)OC2CC(n3cc(C)c(=O)[nH]c3=O)OC2CO)cc(C)c1C.[C-]#[N+]CCOP(=O)(OCC1OC(n2cc(C)c(=O)[nH]c2=O)CC1OC(=O)COC(=O)c1cc(C)c(C)c(C)c1)OC1CC(n2cnc3c(=O)[nH]c(NC(=O)C(C)C)nc32)OC1CO. The average Bonchev–Trinajstić information content (AvgIpc) is 1.64. The number of phosphoric acid groups is 1. The lowest BCUT2D eigenvalue weighted by atomic mass is 10.0. The van der Waals surface area contributed by atoms with Gasteiger partial charge in [0.2, 0.25) is 18.4 Å². The highest BCUT2D eigenvalue weighted by molar-refractivity contribution is 7.48. The summed E-state index contributed by atoms with van der Waals surface area (Å²) in [6.07, 6.45) is -5.94. The molecule has 0 aliphatic carbocycles. The van der Waals surface area contributed by atoms with E-state index in [2.05, 4.69) is 35.1 Å². The van der Waals surface area contributed by atoms with Gasteiger partial charge in [0, 0.05) is 48.7 Å². The standard InChI is InChI=1S/C39H47N8O15P.C22H26N2O8/c1-19(2)34(50)43-38-42-33-32(36(52)44-38)41-18-47(33)30-13-26(27(15-48)59-30)62-63(55,57-9-8-40-7)58-16-28-25(12-29(60-28)46-14-22(5)35(51)45-39(46)54)61-31(49)17-56-37(53)24-10-20(3)23(6)21(4)11-24;1-11-5-15(6-12(2)14(11)4)21(28)30-10-19(26)32-16-7-18(31-17(16)9-25)24-8-13(3)20(27)23-22(24)29/h10-11,14,18-19,25-30,48H,8-9,12-13,15-17H2,1-6H3,(H,45,51,54)(H2,42,43,44,50,52);5-6,8,16-18,25H,7,9-10H2,1-4H3,(H,23,27,29). The van der Waals surface area contributed by atoms with Crippen LogP contribution in [0.25, 0.3) is 16.0 Å². The second-order valence-corrected chi connectivity index (χ2v) is 24.7. The summed E-state index contributed by atoms with van der Waals surface area (Å²) < 4.78 is 74.2. The fourth-order valence-electron chi connectivity index (χ4n) is 10.3. The van der Waals surface area contributed by atoms with Gasteiger partial charge >= 0.3 is 43.1 Å². The number of phosphoric ester groups is 1. The van der Waals surface area contributed by atoms with Crippen molar-refractivity contribution in [3.05, 3.63) is 162 Å². The number of nitrogens with zero attached hydrogens (tertiary/aromatic N) is 6. The maximum atomic E-state index is 14.4. The molecule has 95 heavy (non-hydrogen) atoms. The number of ether oxygens (including phenoxy) is 7. The topological polar surface area (TPSA) is 425 Å². The van der Waals surface area contributed by atoms with Crippen molar-refractivity contribution in [2.75, 3.05) is 51.5 Å². The number of hydrogen-bond acceptors (Lipinski definition) is 25. The van der Waals surface area contributed by atoms with E-state index in [-0.39, 0.29) is 54.0 Å². The van der Waals surface area contributed by atoms with Crippen LogP contribution in [0.4, 0.5) is 5.95 Å². The van der Waals surface area contributed by atoms with Crippen LogP contribution in [0.1, 0.15) is 117 Å². The predicted molar refractivity (Wildman–Crippen MR) is 331 cm³/mol. The minimum Gasteiger partial charge on any atom is -0.457 e. The van der Waals surface area contributed by atoms with Gasteiger partial charge in [-0.2, -0.15) is 4.98 Å². The van der Waals surface area contributed by atoms with Crippen molar-refractivity contribution in [3.8, 4) is 0 Å². The van der Waals surface area contributed by atoms with Crippen LogP contribution in [0.15, 0.2) is 67.0 Å². The van der Waals surface area contributed by atoms with E-state index < -0.39 is 167 Å². The van der Waals surface area contributed by atoms with E-state index >= 15 is 0 Å². The number of fused-ring (bicyclic) bond motifs is 1. The minimum absolute atomic E-state index is 0.0216. The van der Waals surface area contributed by atoms with Crippen molar-refractivity contribution in [2.24, 2.45) is 5.92 Å². The highest BCUT2D eigenvalue weighted by Gasteiger charge is 2.46. The molecule has 0 bridgehead atoms. The van der Waals surface area contributed by atoms with Crippen molar-refractivity contribution < 1.29 is 85.5 Å². The van der Waals surface area contributed by atoms with Crippen LogP contribution in [-0.2, 0) is 65.7 Å². The summed E-state index contributed by atoms with van der Waals surface area (Å²) in [4.78, 5) is 143. The van der Waals surface area contributed by atoms with Crippen LogP contribution in [0.2, 0.25) is 0 Å². The monoisotopic (exact) mass is 1340 g/mol. The van der Waals surface area contributed by atoms with Gasteiger partial charge in [0.25, 0.3) is 16.7 Å². The van der Waals surface area contributed by atoms with E-state index in [1.807, 2.05) is 41.5 Å². The third-order valence-corrected chi connectivity index (χ3v) is 17.5. The summed E-state index contributed by atoms with van der Waals surface area (Å²) in [7, 11) is -4.73. The fourth-order valence-corrected chi connectivity index (χ4v) is 11.6. The van der Waals surface area contributed by atoms with E-state index in [1.54, 1.807) is 38.1 Å². The number of rotatable bonds is 23. The molecule has 3 aliphatic heterocycles. The Balaban J connectivity index is 0.000000302. The molecule has 7 heterocycles. The first-order chi connectivity index (χ1) is 45.0. The number of H-pyrrole nitrogens is 3. The summed E-state index contributed by atoms with van der Waals surface area (Å²) in [5.41, 5.74) is 3.35. The number of benzene rings is 2. The first kappa shape index (κ1) is 71.7. The predicted octanol–water partition coefficient (Wildman–Crippen LogP) is 3.10. The molecule has 6 aromatic rings. The van der Waals surface area contributed by atoms with Gasteiger partial charge in [0.1, 0.15) is 61.9 Å². The first-order valence-electron chi connectivity index (χ1n) is 29.9. The Morgan fingerprint density at radius 1 is 0.653 bits per heavy atom. The molecule has 2 aromatic carbocycles. The number of carbonyl (C=O) groups is 5. The number of anilines is 1. The van der Waals surface area contributed by atoms with Gasteiger partial charge < -0.3 is 48.2 Å². The number of esters is 4. The molecule has 1 amide bonds. The van der Waals surface area contributed by atoms with E-state index in [1.165, 1.54) is 41.7 Å². The van der Waals surface area contributed by atoms with Gasteiger partial charge in [-0.05, 0) is 113 Å². The van der Waals surface area contributed by atoms with E-state index in [0.717, 1.165) is 37.9 Å². The molecule has 3 fully saturated rings. The molecule has 0 radical (unpaired) electrons. The van der Waals surface area contributed by atoms with Crippen molar-refractivity contribution >= 4 is 54.7 Å². The Hall–Kier alpha value is -9.10. The number of aromatic nitrogens is 8. The molecule has 0 spiro atoms. The van der Waals surface area contributed by atoms with E-state index in [4.69, 9.17) is 53.3 Å². The number of carbonyl (C=O) groups excluding carboxylic acids is 5. The number of nitrogens with one attached hydrogen (secondary N) is 4. The van der Waals surface area contributed by atoms with Crippen LogP contribution in [0, 0.1) is 67.9 Å². The maximum absolute atomic E-state index is 14.4. The highest BCUT2D eigenvalue weighted by Crippen LogP contribution is 2.54. The van der Waals surface area contributed by atoms with E-state index in [9.17, 15) is 62.7 Å². The lowest BCUT2D eigenvalue weighted by Crippen LogP contribution is -2.34. The molecule has 33 nitrogen and oxygen atoms in total. The van der Waals surface area contributed by atoms with Crippen LogP contribution >= 0.6 is 7.82 Å². The lowest BCUT2D eigenvalue weighted by Gasteiger charge is -2.25. The summed E-state index contributed by atoms with van der Waals surface area (Å²) in [6.45, 7) is 21.0. The molecule has 6 N–H and O–H groups in total. The number of aliphatic hydroxyl groups excluding tert-OH is 2. The van der Waals surface area contributed by atoms with Crippen LogP contribution < -0.4 is 33.4 Å². The second kappa shape index (κ2) is 31.0. The average molecular weight is 1350 g/mol. The molecule has 4 aromatic heterocycles. The fraction of sp³-hybridized carbons (Fsp3) is 0.492. The molecule has 9 rings (SSSR count). The number of amides is 1. The number of imidazole rings is 1. The molecule has 0 saturated carbocycles. The van der Waals surface area contributed by atoms with Gasteiger partial charge in [-0.1, -0.05) is 13.8 Å². The summed E-state index contributed by atoms with van der Waals surface area (Å²) in [5.74, 6) is -4.18. The second-order valence-electron chi connectivity index (χ2n) is 23.1. The zero-order valence-electron chi connectivity index (χ0n) is 53.5. The lowest BCUT2D eigenvalue weighted by molar-refractivity contribution is -0.157. The zero-order chi connectivity index (χ0) is 69.3. The third-order valence-electron chi connectivity index (χ3n) is 16.0. The largest absolute Gasteiger partial charge is 0.475 e. The maximum Gasteiger partial charge on any atom is 0.475 e. The van der Waals surface area contributed by atoms with Crippen molar-refractivity contribution in [1.82, 2.24) is 38.6 Å². The molecule has 510 valence electrons. The molecule has 10 atom stereocenters. The smallest absolute Gasteiger partial charge is 0.457 e. The molecule has 3 aliphatic rings. The summed E-state index contributed by atoms with van der Waals surface area (Å²) in [5, 5.41) is 22.4. The molecular formula is C61H73N10O23P.